The van der Waals surface area contributed by atoms with E-state index in [-0.39, 0.29) is 10.6 Å². The van der Waals surface area contributed by atoms with Gasteiger partial charge in [0.25, 0.3) is 10.0 Å². The van der Waals surface area contributed by atoms with E-state index in [1.54, 1.807) is 20.8 Å². The molecule has 0 fully saturated rings. The summed E-state index contributed by atoms with van der Waals surface area (Å²) in [5, 5.41) is 8.51. The number of carbonyl (C=O) groups is 2. The number of hydrogen-bond donors (Lipinski definition) is 2. The van der Waals surface area contributed by atoms with E-state index < -0.39 is 33.9 Å². The predicted octanol–water partition coefficient (Wildman–Crippen LogP) is 1.00. The van der Waals surface area contributed by atoms with Crippen LogP contribution in [0.4, 0.5) is 0 Å². The Morgan fingerprint density at radius 2 is 1.90 bits per heavy atom. The molecule has 0 heterocycles. The van der Waals surface area contributed by atoms with E-state index in [0.717, 1.165) is 6.07 Å². The average Bonchev–Trinajstić information content (AvgIpc) is 2.35. The second-order valence-electron chi connectivity index (χ2n) is 5.34. The fourth-order valence-electron chi connectivity index (χ4n) is 1.21. The van der Waals surface area contributed by atoms with Crippen LogP contribution in [0.2, 0.25) is 0 Å². The molecule has 0 atom stereocenters. The van der Waals surface area contributed by atoms with Crippen LogP contribution >= 0.6 is 0 Å². The molecule has 116 valence electrons. The molecular formula is C13H17NO6S. The second-order valence-corrected chi connectivity index (χ2v) is 7.02. The summed E-state index contributed by atoms with van der Waals surface area (Å²) in [6.07, 6.45) is 0. The highest BCUT2D eigenvalue weighted by molar-refractivity contribution is 7.90. The summed E-state index contributed by atoms with van der Waals surface area (Å²) in [4.78, 5) is 22.0. The zero-order valence-electron chi connectivity index (χ0n) is 11.9. The Morgan fingerprint density at radius 3 is 2.43 bits per heavy atom. The largest absolute Gasteiger partial charge is 0.482 e. The van der Waals surface area contributed by atoms with Crippen molar-refractivity contribution in [1.82, 2.24) is 4.72 Å². The first kappa shape index (κ1) is 17.0. The van der Waals surface area contributed by atoms with Crippen LogP contribution in [0.5, 0.6) is 5.75 Å². The number of amides is 1. The topological polar surface area (TPSA) is 110 Å². The molecule has 0 radical (unpaired) electrons. The molecule has 0 bridgehead atoms. The number of ether oxygens (including phenoxy) is 1. The smallest absolute Gasteiger partial charge is 0.341 e. The van der Waals surface area contributed by atoms with Crippen molar-refractivity contribution < 1.29 is 27.9 Å². The Balaban J connectivity index is 2.96. The SMILES string of the molecule is CC(C)(C)C(=O)NS(=O)(=O)c1cccc(OCC(=O)O)c1. The van der Waals surface area contributed by atoms with Gasteiger partial charge in [0.1, 0.15) is 5.75 Å². The van der Waals surface area contributed by atoms with E-state index in [0.29, 0.717) is 0 Å². The van der Waals surface area contributed by atoms with Gasteiger partial charge < -0.3 is 9.84 Å². The molecule has 0 aliphatic rings. The Morgan fingerprint density at radius 1 is 1.29 bits per heavy atom. The molecule has 8 heteroatoms. The maximum Gasteiger partial charge on any atom is 0.341 e. The van der Waals surface area contributed by atoms with Crippen molar-refractivity contribution in [2.45, 2.75) is 25.7 Å². The monoisotopic (exact) mass is 315 g/mol. The highest BCUT2D eigenvalue weighted by Gasteiger charge is 2.27. The zero-order valence-corrected chi connectivity index (χ0v) is 12.7. The predicted molar refractivity (Wildman–Crippen MR) is 74.4 cm³/mol. The van der Waals surface area contributed by atoms with Gasteiger partial charge in [0.15, 0.2) is 6.61 Å². The van der Waals surface area contributed by atoms with Crippen molar-refractivity contribution in [2.24, 2.45) is 5.41 Å². The fourth-order valence-corrected chi connectivity index (χ4v) is 2.41. The summed E-state index contributed by atoms with van der Waals surface area (Å²) in [6, 6.07) is 5.26. The lowest BCUT2D eigenvalue weighted by molar-refractivity contribution is -0.139. The van der Waals surface area contributed by atoms with Gasteiger partial charge in [0.2, 0.25) is 5.91 Å². The summed E-state index contributed by atoms with van der Waals surface area (Å²) in [6.45, 7) is 4.18. The van der Waals surface area contributed by atoms with Gasteiger partial charge in [-0.25, -0.2) is 17.9 Å². The number of aliphatic carboxylic acids is 1. The van der Waals surface area contributed by atoms with Gasteiger partial charge in [-0.1, -0.05) is 26.8 Å². The van der Waals surface area contributed by atoms with Crippen LogP contribution in [0.15, 0.2) is 29.2 Å². The van der Waals surface area contributed by atoms with Crippen LogP contribution in [0.25, 0.3) is 0 Å². The molecule has 0 aliphatic heterocycles. The third-order valence-corrected chi connectivity index (χ3v) is 3.72. The van der Waals surface area contributed by atoms with Crippen molar-refractivity contribution in [3.8, 4) is 5.75 Å². The lowest BCUT2D eigenvalue weighted by Gasteiger charge is -2.17. The minimum Gasteiger partial charge on any atom is -0.482 e. The normalized spacial score (nSPS) is 11.8. The summed E-state index contributed by atoms with van der Waals surface area (Å²) in [5.41, 5.74) is -0.857. The van der Waals surface area contributed by atoms with Crippen molar-refractivity contribution in [3.63, 3.8) is 0 Å². The molecule has 0 saturated heterocycles. The molecule has 1 aromatic carbocycles. The van der Waals surface area contributed by atoms with Crippen LogP contribution < -0.4 is 9.46 Å². The van der Waals surface area contributed by atoms with Gasteiger partial charge in [-0.3, -0.25) is 4.79 Å². The van der Waals surface area contributed by atoms with Crippen LogP contribution in [0.3, 0.4) is 0 Å². The number of carboxylic acids is 1. The fraction of sp³-hybridized carbons (Fsp3) is 0.385. The molecule has 0 unspecified atom stereocenters. The Kier molecular flexibility index (Phi) is 4.95. The van der Waals surface area contributed by atoms with E-state index in [2.05, 4.69) is 0 Å². The van der Waals surface area contributed by atoms with Gasteiger partial charge in [-0.05, 0) is 12.1 Å². The highest BCUT2D eigenvalue weighted by atomic mass is 32.2. The number of sulfonamides is 1. The molecule has 0 spiro atoms. The van der Waals surface area contributed by atoms with Crippen LogP contribution in [0, 0.1) is 5.41 Å². The van der Waals surface area contributed by atoms with E-state index in [1.165, 1.54) is 18.2 Å². The summed E-state index contributed by atoms with van der Waals surface area (Å²) in [5.74, 6) is -1.73. The lowest BCUT2D eigenvalue weighted by atomic mass is 9.96. The average molecular weight is 315 g/mol. The summed E-state index contributed by atoms with van der Waals surface area (Å²) in [7, 11) is -4.03. The third-order valence-electron chi connectivity index (χ3n) is 2.39. The van der Waals surface area contributed by atoms with Gasteiger partial charge in [0, 0.05) is 11.5 Å². The Hall–Kier alpha value is -2.09. The molecule has 1 rings (SSSR count). The lowest BCUT2D eigenvalue weighted by Crippen LogP contribution is -2.38. The first-order valence-corrected chi connectivity index (χ1v) is 7.52. The third kappa shape index (κ3) is 5.07. The number of nitrogens with one attached hydrogen (secondary N) is 1. The summed E-state index contributed by atoms with van der Waals surface area (Å²) >= 11 is 0. The van der Waals surface area contributed by atoms with Gasteiger partial charge in [-0.15, -0.1) is 0 Å². The molecular weight excluding hydrogens is 298 g/mol. The van der Waals surface area contributed by atoms with E-state index in [4.69, 9.17) is 9.84 Å². The van der Waals surface area contributed by atoms with E-state index in [9.17, 15) is 18.0 Å². The maximum atomic E-state index is 12.1. The van der Waals surface area contributed by atoms with Gasteiger partial charge >= 0.3 is 5.97 Å². The zero-order chi connectivity index (χ0) is 16.3. The molecule has 2 N–H and O–H groups in total. The number of rotatable bonds is 5. The first-order valence-electron chi connectivity index (χ1n) is 6.04. The number of hydrogen-bond acceptors (Lipinski definition) is 5. The van der Waals surface area contributed by atoms with Crippen molar-refractivity contribution in [3.05, 3.63) is 24.3 Å². The van der Waals surface area contributed by atoms with Gasteiger partial charge in [0.05, 0.1) is 4.90 Å². The van der Waals surface area contributed by atoms with Crippen LogP contribution in [0.1, 0.15) is 20.8 Å². The molecule has 1 amide bonds. The molecule has 21 heavy (non-hydrogen) atoms. The number of carboxylic acid groups (broad SMARTS) is 1. The molecule has 0 aromatic heterocycles. The number of carbonyl (C=O) groups excluding carboxylic acids is 1. The van der Waals surface area contributed by atoms with Crippen molar-refractivity contribution in [2.75, 3.05) is 6.61 Å². The first-order chi connectivity index (χ1) is 9.52. The van der Waals surface area contributed by atoms with Crippen LogP contribution in [-0.4, -0.2) is 32.0 Å². The van der Waals surface area contributed by atoms with Gasteiger partial charge in [-0.2, -0.15) is 0 Å². The molecule has 0 aliphatic carbocycles. The minimum absolute atomic E-state index is 0.0866. The van der Waals surface area contributed by atoms with Crippen LogP contribution in [-0.2, 0) is 19.6 Å². The quantitative estimate of drug-likeness (QED) is 0.839. The Bertz CT molecular complexity index is 645. The Labute approximate surface area is 123 Å². The van der Waals surface area contributed by atoms with Crippen molar-refractivity contribution >= 4 is 21.9 Å². The van der Waals surface area contributed by atoms with E-state index in [1.807, 2.05) is 4.72 Å². The minimum atomic E-state index is -4.03. The highest BCUT2D eigenvalue weighted by Crippen LogP contribution is 2.19. The molecule has 7 nitrogen and oxygen atoms in total. The maximum absolute atomic E-state index is 12.1. The standard InChI is InChI=1S/C13H17NO6S/c1-13(2,3)12(17)14-21(18,19)10-6-4-5-9(7-10)20-8-11(15)16/h4-7H,8H2,1-3H3,(H,14,17)(H,15,16). The number of benzene rings is 1. The van der Waals surface area contributed by atoms with Crippen molar-refractivity contribution in [1.29, 1.82) is 0 Å². The second kappa shape index (κ2) is 6.13. The summed E-state index contributed by atoms with van der Waals surface area (Å²) < 4.78 is 31.0. The molecule has 1 aromatic rings. The van der Waals surface area contributed by atoms with E-state index >= 15 is 0 Å². The molecule has 0 saturated carbocycles.